The average molecular weight is 345 g/mol. The molecule has 0 aliphatic carbocycles. The van der Waals surface area contributed by atoms with Crippen LogP contribution >= 0.6 is 23.2 Å². The monoisotopic (exact) mass is 344 g/mol. The molecule has 0 aromatic heterocycles. The van der Waals surface area contributed by atoms with E-state index in [4.69, 9.17) is 28.9 Å². The molecule has 0 aliphatic heterocycles. The summed E-state index contributed by atoms with van der Waals surface area (Å²) in [4.78, 5) is 0.0543. The highest BCUT2D eigenvalue weighted by atomic mass is 35.5. The molecule has 2 aromatic rings. The maximum absolute atomic E-state index is 12.7. The molecule has 0 bridgehead atoms. The second kappa shape index (κ2) is 6.13. The Balaban J connectivity index is 2.51. The number of nitrogens with two attached hydrogens (primary N) is 1. The fourth-order valence-corrected chi connectivity index (χ4v) is 4.14. The van der Waals surface area contributed by atoms with Gasteiger partial charge in [0, 0.05) is 22.3 Å². The van der Waals surface area contributed by atoms with Gasteiger partial charge >= 0.3 is 0 Å². The minimum Gasteiger partial charge on any atom is -0.399 e. The third-order valence-corrected chi connectivity index (χ3v) is 5.21. The van der Waals surface area contributed by atoms with Crippen molar-refractivity contribution in [2.24, 2.45) is 0 Å². The second-order valence-corrected chi connectivity index (χ2v) is 7.10. The summed E-state index contributed by atoms with van der Waals surface area (Å²) < 4.78 is 26.7. The minimum atomic E-state index is -3.74. The van der Waals surface area contributed by atoms with Crippen LogP contribution in [0.3, 0.4) is 0 Å². The molecular formula is C14H14Cl2N2O2S. The summed E-state index contributed by atoms with van der Waals surface area (Å²) in [6, 6.07) is 10.9. The fourth-order valence-electron chi connectivity index (χ4n) is 1.94. The summed E-state index contributed by atoms with van der Waals surface area (Å²) in [5, 5.41) is 0.545. The van der Waals surface area contributed by atoms with E-state index >= 15 is 0 Å². The molecule has 4 nitrogen and oxygen atoms in total. The Labute approximate surface area is 134 Å². The van der Waals surface area contributed by atoms with Crippen molar-refractivity contribution in [3.63, 3.8) is 0 Å². The van der Waals surface area contributed by atoms with Crippen molar-refractivity contribution in [2.75, 3.05) is 16.6 Å². The lowest BCUT2D eigenvalue weighted by Gasteiger charge is -2.23. The van der Waals surface area contributed by atoms with E-state index in [0.29, 0.717) is 11.4 Å². The minimum absolute atomic E-state index is 0.0543. The zero-order valence-electron chi connectivity index (χ0n) is 11.3. The highest BCUT2D eigenvalue weighted by Gasteiger charge is 2.24. The number of benzene rings is 2. The van der Waals surface area contributed by atoms with Gasteiger partial charge in [0.05, 0.1) is 10.6 Å². The van der Waals surface area contributed by atoms with Gasteiger partial charge < -0.3 is 5.73 Å². The summed E-state index contributed by atoms with van der Waals surface area (Å²) in [7, 11) is -3.74. The van der Waals surface area contributed by atoms with Gasteiger partial charge in [0.2, 0.25) is 0 Å². The molecule has 0 amide bonds. The van der Waals surface area contributed by atoms with Crippen LogP contribution in [0, 0.1) is 0 Å². The molecule has 0 fully saturated rings. The van der Waals surface area contributed by atoms with Crippen LogP contribution in [-0.2, 0) is 10.0 Å². The lowest BCUT2D eigenvalue weighted by atomic mass is 10.3. The molecule has 0 atom stereocenters. The maximum atomic E-state index is 12.7. The quantitative estimate of drug-likeness (QED) is 0.858. The molecule has 7 heteroatoms. The van der Waals surface area contributed by atoms with E-state index < -0.39 is 10.0 Å². The number of hydrogen-bond acceptors (Lipinski definition) is 3. The van der Waals surface area contributed by atoms with Crippen molar-refractivity contribution < 1.29 is 8.42 Å². The van der Waals surface area contributed by atoms with Gasteiger partial charge in [0.25, 0.3) is 10.0 Å². The van der Waals surface area contributed by atoms with Crippen molar-refractivity contribution >= 4 is 44.6 Å². The first kappa shape index (κ1) is 15.9. The predicted octanol–water partition coefficient (Wildman–Crippen LogP) is 3.79. The summed E-state index contributed by atoms with van der Waals surface area (Å²) >= 11 is 11.8. The number of anilines is 2. The first-order valence-corrected chi connectivity index (χ1v) is 8.38. The third kappa shape index (κ3) is 3.43. The Morgan fingerprint density at radius 2 is 1.57 bits per heavy atom. The number of rotatable bonds is 4. The maximum Gasteiger partial charge on any atom is 0.264 e. The molecule has 21 heavy (non-hydrogen) atoms. The Morgan fingerprint density at radius 3 is 2.05 bits per heavy atom. The molecule has 0 saturated carbocycles. The van der Waals surface area contributed by atoms with Crippen LogP contribution in [0.2, 0.25) is 10.0 Å². The lowest BCUT2D eigenvalue weighted by Crippen LogP contribution is -2.30. The average Bonchev–Trinajstić information content (AvgIpc) is 2.40. The summed E-state index contributed by atoms with van der Waals surface area (Å²) in [5.41, 5.74) is 6.72. The van der Waals surface area contributed by atoms with E-state index in [1.807, 2.05) is 0 Å². The normalized spacial score (nSPS) is 11.4. The zero-order chi connectivity index (χ0) is 15.6. The van der Waals surface area contributed by atoms with Crippen molar-refractivity contribution in [1.82, 2.24) is 0 Å². The van der Waals surface area contributed by atoms with Gasteiger partial charge in [-0.1, -0.05) is 23.2 Å². The van der Waals surface area contributed by atoms with E-state index in [0.717, 1.165) is 0 Å². The fraction of sp³-hybridized carbons (Fsp3) is 0.143. The van der Waals surface area contributed by atoms with E-state index in [1.165, 1.54) is 22.5 Å². The van der Waals surface area contributed by atoms with Crippen LogP contribution in [0.15, 0.2) is 47.4 Å². The van der Waals surface area contributed by atoms with Crippen molar-refractivity contribution in [3.8, 4) is 0 Å². The van der Waals surface area contributed by atoms with Crippen LogP contribution in [0.5, 0.6) is 0 Å². The van der Waals surface area contributed by atoms with Crippen LogP contribution in [0.1, 0.15) is 6.92 Å². The number of halogens is 2. The summed E-state index contributed by atoms with van der Waals surface area (Å²) in [6.07, 6.45) is 0. The topological polar surface area (TPSA) is 63.4 Å². The van der Waals surface area contributed by atoms with E-state index in [1.54, 1.807) is 31.2 Å². The Bertz CT molecular complexity index is 726. The lowest BCUT2D eigenvalue weighted by molar-refractivity contribution is 0.592. The molecule has 112 valence electrons. The zero-order valence-corrected chi connectivity index (χ0v) is 13.6. The van der Waals surface area contributed by atoms with Gasteiger partial charge in [-0.3, -0.25) is 4.31 Å². The smallest absolute Gasteiger partial charge is 0.264 e. The van der Waals surface area contributed by atoms with Crippen LogP contribution in [0.25, 0.3) is 0 Å². The largest absolute Gasteiger partial charge is 0.399 e. The summed E-state index contributed by atoms with van der Waals surface area (Å²) in [5.74, 6) is 0. The molecule has 2 N–H and O–H groups in total. The SMILES string of the molecule is CCN(c1ccc(N)cc1)S(=O)(=O)c1cc(Cl)cc(Cl)c1. The van der Waals surface area contributed by atoms with Crippen molar-refractivity contribution in [2.45, 2.75) is 11.8 Å². The van der Waals surface area contributed by atoms with Crippen molar-refractivity contribution in [3.05, 3.63) is 52.5 Å². The highest BCUT2D eigenvalue weighted by Crippen LogP contribution is 2.28. The van der Waals surface area contributed by atoms with Crippen molar-refractivity contribution in [1.29, 1.82) is 0 Å². The first-order valence-electron chi connectivity index (χ1n) is 6.19. The van der Waals surface area contributed by atoms with Gasteiger partial charge in [0.1, 0.15) is 0 Å². The number of nitrogen functional groups attached to an aromatic ring is 1. The molecule has 0 unspecified atom stereocenters. The van der Waals surface area contributed by atoms with E-state index in [-0.39, 0.29) is 21.5 Å². The van der Waals surface area contributed by atoms with E-state index in [2.05, 4.69) is 0 Å². The number of sulfonamides is 1. The molecule has 0 spiro atoms. The first-order chi connectivity index (χ1) is 9.84. The molecule has 0 aliphatic rings. The second-order valence-electron chi connectivity index (χ2n) is 4.37. The molecule has 0 radical (unpaired) electrons. The van der Waals surface area contributed by atoms with Gasteiger partial charge in [-0.25, -0.2) is 8.42 Å². The predicted molar refractivity (Wildman–Crippen MR) is 87.5 cm³/mol. The van der Waals surface area contributed by atoms with Gasteiger partial charge in [-0.15, -0.1) is 0 Å². The molecule has 0 saturated heterocycles. The van der Waals surface area contributed by atoms with E-state index in [9.17, 15) is 8.42 Å². The number of hydrogen-bond donors (Lipinski definition) is 1. The van der Waals surface area contributed by atoms with Crippen LogP contribution in [0.4, 0.5) is 11.4 Å². The van der Waals surface area contributed by atoms with Gasteiger partial charge in [-0.05, 0) is 49.4 Å². The van der Waals surface area contributed by atoms with Crippen LogP contribution < -0.4 is 10.0 Å². The summed E-state index contributed by atoms with van der Waals surface area (Å²) in [6.45, 7) is 2.02. The highest BCUT2D eigenvalue weighted by molar-refractivity contribution is 7.92. The molecule has 2 aromatic carbocycles. The third-order valence-electron chi connectivity index (χ3n) is 2.89. The molecule has 2 rings (SSSR count). The van der Waals surface area contributed by atoms with Gasteiger partial charge in [0.15, 0.2) is 0 Å². The Kier molecular flexibility index (Phi) is 4.66. The van der Waals surface area contributed by atoms with Gasteiger partial charge in [-0.2, -0.15) is 0 Å². The standard InChI is InChI=1S/C14H14Cl2N2O2S/c1-2-18(13-5-3-12(17)4-6-13)21(19,20)14-8-10(15)7-11(16)9-14/h3-9H,2,17H2,1H3. The molecular weight excluding hydrogens is 331 g/mol. The molecule has 0 heterocycles. The Morgan fingerprint density at radius 1 is 1.05 bits per heavy atom. The Hall–Kier alpha value is -1.43. The number of nitrogens with zero attached hydrogens (tertiary/aromatic N) is 1. The van der Waals surface area contributed by atoms with Crippen LogP contribution in [-0.4, -0.2) is 15.0 Å².